The third-order valence-electron chi connectivity index (χ3n) is 7.13. The molecule has 1 aliphatic carbocycles. The van der Waals surface area contributed by atoms with E-state index < -0.39 is 17.4 Å². The number of carbonyl (C=O) groups excluding carboxylic acids is 2. The zero-order valence-electron chi connectivity index (χ0n) is 17.2. The lowest BCUT2D eigenvalue weighted by Crippen LogP contribution is -2.45. The fraction of sp³-hybridized carbons (Fsp3) is 0.682. The molecule has 0 aromatic carbocycles. The molecule has 5 rings (SSSR count). The summed E-state index contributed by atoms with van der Waals surface area (Å²) in [6.45, 7) is 2.78. The van der Waals surface area contributed by atoms with Crippen molar-refractivity contribution in [2.75, 3.05) is 13.6 Å². The summed E-state index contributed by atoms with van der Waals surface area (Å²) in [6, 6.07) is 2.12. The van der Waals surface area contributed by atoms with Crippen molar-refractivity contribution in [2.45, 2.75) is 69.7 Å². The normalized spacial score (nSPS) is 33.9. The van der Waals surface area contributed by atoms with E-state index in [1.54, 1.807) is 11.9 Å². The standard InChI is InChI=1S/C22H29N3O4/c1-14-11-15(23-29-14)12-24(2)20(26)18-17-9-10-22(28-17)13-25(21(27)19(18)22)16-7-5-3-4-6-8-16/h9-11,16-19H,3-8,12-13H2,1-2H3/t17-,18+,19-,22-/m0/s1. The van der Waals surface area contributed by atoms with Crippen LogP contribution < -0.4 is 0 Å². The Bertz CT molecular complexity index is 841. The molecule has 4 heterocycles. The van der Waals surface area contributed by atoms with Gasteiger partial charge in [0, 0.05) is 19.2 Å². The van der Waals surface area contributed by atoms with Gasteiger partial charge in [-0.3, -0.25) is 9.59 Å². The Morgan fingerprint density at radius 2 is 2.07 bits per heavy atom. The van der Waals surface area contributed by atoms with Gasteiger partial charge in [-0.1, -0.05) is 43.0 Å². The predicted octanol–water partition coefficient (Wildman–Crippen LogP) is 2.45. The van der Waals surface area contributed by atoms with Crippen molar-refractivity contribution in [1.29, 1.82) is 0 Å². The van der Waals surface area contributed by atoms with Crippen molar-refractivity contribution in [3.63, 3.8) is 0 Å². The van der Waals surface area contributed by atoms with Crippen LogP contribution in [-0.4, -0.2) is 58.1 Å². The summed E-state index contributed by atoms with van der Waals surface area (Å²) >= 11 is 0. The lowest BCUT2D eigenvalue weighted by molar-refractivity contribution is -0.143. The Hall–Kier alpha value is -2.15. The summed E-state index contributed by atoms with van der Waals surface area (Å²) in [5, 5.41) is 3.99. The number of amides is 2. The summed E-state index contributed by atoms with van der Waals surface area (Å²) in [6.07, 6.45) is 10.7. The van der Waals surface area contributed by atoms with Crippen LogP contribution in [0.4, 0.5) is 0 Å². The molecule has 0 N–H and O–H groups in total. The smallest absolute Gasteiger partial charge is 0.230 e. The van der Waals surface area contributed by atoms with E-state index in [1.807, 2.05) is 30.0 Å². The van der Waals surface area contributed by atoms with E-state index in [1.165, 1.54) is 25.7 Å². The highest BCUT2D eigenvalue weighted by molar-refractivity contribution is 5.93. The van der Waals surface area contributed by atoms with E-state index in [0.29, 0.717) is 18.8 Å². The third-order valence-corrected chi connectivity index (χ3v) is 7.13. The van der Waals surface area contributed by atoms with Gasteiger partial charge in [0.05, 0.1) is 31.0 Å². The van der Waals surface area contributed by atoms with Crippen molar-refractivity contribution >= 4 is 11.8 Å². The van der Waals surface area contributed by atoms with Crippen LogP contribution in [0.15, 0.2) is 22.7 Å². The topological polar surface area (TPSA) is 75.9 Å². The number of hydrogen-bond acceptors (Lipinski definition) is 5. The third kappa shape index (κ3) is 3.01. The molecule has 1 saturated carbocycles. The number of hydrogen-bond donors (Lipinski definition) is 0. The molecule has 1 aromatic heterocycles. The second kappa shape index (κ2) is 6.97. The van der Waals surface area contributed by atoms with E-state index in [-0.39, 0.29) is 24.0 Å². The van der Waals surface area contributed by atoms with Crippen molar-refractivity contribution in [3.05, 3.63) is 29.7 Å². The number of likely N-dealkylation sites (tertiary alicyclic amines) is 1. The summed E-state index contributed by atoms with van der Waals surface area (Å²) in [5.74, 6) is -0.0947. The molecule has 3 aliphatic heterocycles. The quantitative estimate of drug-likeness (QED) is 0.574. The van der Waals surface area contributed by atoms with Crippen LogP contribution in [0.25, 0.3) is 0 Å². The lowest BCUT2D eigenvalue weighted by Gasteiger charge is -2.30. The second-order valence-electron chi connectivity index (χ2n) is 9.13. The van der Waals surface area contributed by atoms with Gasteiger partial charge >= 0.3 is 0 Å². The molecule has 29 heavy (non-hydrogen) atoms. The van der Waals surface area contributed by atoms with Crippen LogP contribution >= 0.6 is 0 Å². The van der Waals surface area contributed by atoms with Crippen LogP contribution in [0.5, 0.6) is 0 Å². The molecule has 1 spiro atoms. The van der Waals surface area contributed by atoms with Gasteiger partial charge in [-0.25, -0.2) is 0 Å². The molecule has 0 radical (unpaired) electrons. The molecule has 0 unspecified atom stereocenters. The van der Waals surface area contributed by atoms with Crippen LogP contribution in [0.2, 0.25) is 0 Å². The minimum atomic E-state index is -0.625. The highest BCUT2D eigenvalue weighted by Gasteiger charge is 2.67. The molecule has 7 nitrogen and oxygen atoms in total. The number of nitrogens with zero attached hydrogens (tertiary/aromatic N) is 3. The number of ether oxygens (including phenoxy) is 1. The van der Waals surface area contributed by atoms with Crippen molar-refractivity contribution in [2.24, 2.45) is 11.8 Å². The van der Waals surface area contributed by atoms with Gasteiger partial charge in [0.2, 0.25) is 11.8 Å². The summed E-state index contributed by atoms with van der Waals surface area (Å²) in [7, 11) is 1.76. The maximum atomic E-state index is 13.5. The van der Waals surface area contributed by atoms with Gasteiger partial charge in [0.25, 0.3) is 0 Å². The fourth-order valence-corrected chi connectivity index (χ4v) is 5.76. The lowest BCUT2D eigenvalue weighted by atomic mass is 9.76. The van der Waals surface area contributed by atoms with Crippen molar-refractivity contribution < 1.29 is 18.8 Å². The average molecular weight is 399 g/mol. The first-order valence-corrected chi connectivity index (χ1v) is 10.8. The Morgan fingerprint density at radius 1 is 1.31 bits per heavy atom. The van der Waals surface area contributed by atoms with Crippen LogP contribution in [0, 0.1) is 18.8 Å². The van der Waals surface area contributed by atoms with Crippen LogP contribution in [-0.2, 0) is 20.9 Å². The minimum absolute atomic E-state index is 0.0528. The second-order valence-corrected chi connectivity index (χ2v) is 9.13. The molecule has 2 bridgehead atoms. The predicted molar refractivity (Wildman–Crippen MR) is 105 cm³/mol. The van der Waals surface area contributed by atoms with Gasteiger partial charge in [-0.2, -0.15) is 0 Å². The van der Waals surface area contributed by atoms with E-state index in [4.69, 9.17) is 9.26 Å². The Kier molecular flexibility index (Phi) is 4.53. The summed E-state index contributed by atoms with van der Waals surface area (Å²) in [4.78, 5) is 30.5. The SMILES string of the molecule is Cc1cc(CN(C)C(=O)[C@@H]2[C@@H]3C=C[C@@]4(CN(C5CCCCCC5)C(=O)[C@H]24)O3)no1. The molecule has 4 aliphatic rings. The molecular weight excluding hydrogens is 370 g/mol. The summed E-state index contributed by atoms with van der Waals surface area (Å²) in [5.41, 5.74) is 0.0881. The molecule has 2 amide bonds. The van der Waals surface area contributed by atoms with E-state index in [0.717, 1.165) is 18.6 Å². The number of aryl methyl sites for hydroxylation is 1. The molecular formula is C22H29N3O4. The van der Waals surface area contributed by atoms with Crippen molar-refractivity contribution in [3.8, 4) is 0 Å². The Labute approximate surface area is 171 Å². The number of rotatable bonds is 4. The minimum Gasteiger partial charge on any atom is -0.361 e. The van der Waals surface area contributed by atoms with E-state index in [2.05, 4.69) is 5.16 Å². The first-order chi connectivity index (χ1) is 14.0. The fourth-order valence-electron chi connectivity index (χ4n) is 5.76. The zero-order chi connectivity index (χ0) is 20.2. The van der Waals surface area contributed by atoms with Crippen molar-refractivity contribution in [1.82, 2.24) is 15.0 Å². The van der Waals surface area contributed by atoms with Gasteiger partial charge in [0.1, 0.15) is 17.1 Å². The Balaban J connectivity index is 1.36. The van der Waals surface area contributed by atoms with Gasteiger partial charge in [-0.05, 0) is 19.8 Å². The molecule has 3 fully saturated rings. The monoisotopic (exact) mass is 399 g/mol. The molecule has 156 valence electrons. The Morgan fingerprint density at radius 3 is 2.76 bits per heavy atom. The van der Waals surface area contributed by atoms with Gasteiger partial charge in [0.15, 0.2) is 0 Å². The average Bonchev–Trinajstić information content (AvgIpc) is 3.38. The maximum absolute atomic E-state index is 13.5. The van der Waals surface area contributed by atoms with Crippen LogP contribution in [0.1, 0.15) is 50.0 Å². The zero-order valence-corrected chi connectivity index (χ0v) is 17.2. The highest BCUT2D eigenvalue weighted by Crippen LogP contribution is 2.53. The molecule has 7 heteroatoms. The van der Waals surface area contributed by atoms with Gasteiger partial charge < -0.3 is 19.1 Å². The highest BCUT2D eigenvalue weighted by atomic mass is 16.5. The molecule has 4 atom stereocenters. The van der Waals surface area contributed by atoms with E-state index >= 15 is 0 Å². The first-order valence-electron chi connectivity index (χ1n) is 10.8. The van der Waals surface area contributed by atoms with Gasteiger partial charge in [-0.15, -0.1) is 0 Å². The first kappa shape index (κ1) is 18.9. The van der Waals surface area contributed by atoms with E-state index in [9.17, 15) is 9.59 Å². The van der Waals surface area contributed by atoms with Crippen LogP contribution in [0.3, 0.4) is 0 Å². The number of aromatic nitrogens is 1. The number of carbonyl (C=O) groups is 2. The molecule has 2 saturated heterocycles. The molecule has 1 aromatic rings. The number of fused-ring (bicyclic) bond motifs is 1. The maximum Gasteiger partial charge on any atom is 0.230 e. The largest absolute Gasteiger partial charge is 0.361 e. The summed E-state index contributed by atoms with van der Waals surface area (Å²) < 4.78 is 11.4.